The van der Waals surface area contributed by atoms with Crippen molar-refractivity contribution in [3.05, 3.63) is 0 Å². The molecule has 0 radical (unpaired) electrons. The summed E-state index contributed by atoms with van der Waals surface area (Å²) in [6, 6.07) is -0.716. The first-order valence-electron chi connectivity index (χ1n) is 29.2. The molecule has 13 nitrogen and oxygen atoms in total. The summed E-state index contributed by atoms with van der Waals surface area (Å²) in [5, 5.41) is 0. The van der Waals surface area contributed by atoms with Crippen molar-refractivity contribution in [2.45, 2.75) is 297 Å². The van der Waals surface area contributed by atoms with Crippen LogP contribution in [-0.4, -0.2) is 110 Å². The average molecular weight is 1010 g/mol. The van der Waals surface area contributed by atoms with E-state index in [1.165, 1.54) is 0 Å². The van der Waals surface area contributed by atoms with Crippen LogP contribution in [0.25, 0.3) is 0 Å². The summed E-state index contributed by atoms with van der Waals surface area (Å²) in [6.07, 6.45) is 29.2. The number of carbonyl (C=O) groups excluding carboxylic acids is 6. The predicted octanol–water partition coefficient (Wildman–Crippen LogP) is 13.7. The van der Waals surface area contributed by atoms with Crippen molar-refractivity contribution in [1.82, 2.24) is 9.80 Å². The quantitative estimate of drug-likeness (QED) is 0.0323. The van der Waals surface area contributed by atoms with Gasteiger partial charge in [-0.1, -0.05) is 144 Å². The maximum Gasteiger partial charge on any atom is 0.306 e. The Morgan fingerprint density at radius 3 is 1.14 bits per heavy atom. The van der Waals surface area contributed by atoms with Crippen LogP contribution < -0.4 is 0 Å². The van der Waals surface area contributed by atoms with Gasteiger partial charge in [-0.15, -0.1) is 0 Å². The summed E-state index contributed by atoms with van der Waals surface area (Å²) in [4.78, 5) is 81.7. The Bertz CT molecular complexity index is 1280. The van der Waals surface area contributed by atoms with Crippen LogP contribution in [0.4, 0.5) is 0 Å². The third kappa shape index (κ3) is 40.9. The standard InChI is InChI=1S/C58H108N2O11/c1-9-15-18-29-38-52(35-12-4)71-58(66)44-43-53(61)60(46-34-45-59(7)8)49(47-67-54(62)39-30-23-19-21-25-32-41-56(64)69-50(13-5)36-27-16-10-2)48-68-55(63)40-31-24-20-22-26-33-42-57(65)70-51(14-6)37-28-17-11-3/h49-52H,9-48H2,1-8H3/t50-,51-,52?/m0/s1. The Labute approximate surface area is 434 Å². The van der Waals surface area contributed by atoms with Crippen molar-refractivity contribution in [2.75, 3.05) is 40.4 Å². The monoisotopic (exact) mass is 1010 g/mol. The molecular formula is C58H108N2O11. The van der Waals surface area contributed by atoms with Gasteiger partial charge in [0.05, 0.1) is 12.5 Å². The molecule has 0 fully saturated rings. The van der Waals surface area contributed by atoms with Gasteiger partial charge in [-0.2, -0.15) is 0 Å². The maximum absolute atomic E-state index is 14.0. The molecule has 0 aromatic rings. The van der Waals surface area contributed by atoms with Crippen molar-refractivity contribution < 1.29 is 52.5 Å². The van der Waals surface area contributed by atoms with Crippen molar-refractivity contribution >= 4 is 35.8 Å². The molecule has 0 aromatic heterocycles. The Morgan fingerprint density at radius 2 is 0.718 bits per heavy atom. The maximum atomic E-state index is 14.0. The minimum Gasteiger partial charge on any atom is -0.463 e. The van der Waals surface area contributed by atoms with Crippen molar-refractivity contribution in [3.63, 3.8) is 0 Å². The zero-order chi connectivity index (χ0) is 52.7. The second-order valence-electron chi connectivity index (χ2n) is 20.3. The lowest BCUT2D eigenvalue weighted by molar-refractivity contribution is -0.155. The van der Waals surface area contributed by atoms with Gasteiger partial charge in [0.1, 0.15) is 31.5 Å². The van der Waals surface area contributed by atoms with Gasteiger partial charge in [0.15, 0.2) is 0 Å². The van der Waals surface area contributed by atoms with E-state index >= 15 is 0 Å². The Kier molecular flexibility index (Phi) is 45.6. The van der Waals surface area contributed by atoms with Crippen molar-refractivity contribution in [3.8, 4) is 0 Å². The fraction of sp³-hybridized carbons (Fsp3) is 0.897. The fourth-order valence-corrected chi connectivity index (χ4v) is 8.72. The van der Waals surface area contributed by atoms with Crippen LogP contribution in [0.1, 0.15) is 273 Å². The predicted molar refractivity (Wildman–Crippen MR) is 286 cm³/mol. The van der Waals surface area contributed by atoms with Crippen molar-refractivity contribution in [1.29, 1.82) is 0 Å². The highest BCUT2D eigenvalue weighted by molar-refractivity contribution is 5.82. The number of amides is 1. The Balaban J connectivity index is 5.36. The third-order valence-corrected chi connectivity index (χ3v) is 13.3. The fourth-order valence-electron chi connectivity index (χ4n) is 8.72. The average Bonchev–Trinajstić information content (AvgIpc) is 3.34. The molecule has 0 spiro atoms. The highest BCUT2D eigenvalue weighted by Gasteiger charge is 2.28. The highest BCUT2D eigenvalue weighted by atomic mass is 16.6. The third-order valence-electron chi connectivity index (χ3n) is 13.3. The normalized spacial score (nSPS) is 12.6. The van der Waals surface area contributed by atoms with E-state index in [0.29, 0.717) is 45.2 Å². The van der Waals surface area contributed by atoms with Crippen LogP contribution in [0.5, 0.6) is 0 Å². The SMILES string of the molecule is CCCCCCC(CCC)OC(=O)CCC(=O)N(CCCN(C)C)C(COC(=O)CCCCCCCCC(=O)O[C@@H](CC)CCCCC)COC(=O)CCCCCCCCC(=O)O[C@@H](CC)CCCCC. The number of esters is 5. The number of ether oxygens (including phenoxy) is 5. The van der Waals surface area contributed by atoms with E-state index in [0.717, 1.165) is 173 Å². The summed E-state index contributed by atoms with van der Waals surface area (Å²) in [5.41, 5.74) is 0. The van der Waals surface area contributed by atoms with E-state index in [4.69, 9.17) is 23.7 Å². The minimum atomic E-state index is -0.716. The van der Waals surface area contributed by atoms with E-state index in [1.54, 1.807) is 4.90 Å². The molecule has 0 aliphatic carbocycles. The van der Waals surface area contributed by atoms with Gasteiger partial charge < -0.3 is 33.5 Å². The van der Waals surface area contributed by atoms with Gasteiger partial charge in [0, 0.05) is 38.6 Å². The largest absolute Gasteiger partial charge is 0.463 e. The number of carbonyl (C=O) groups is 6. The summed E-state index contributed by atoms with van der Waals surface area (Å²) in [6.45, 7) is 13.5. The number of hydrogen-bond donors (Lipinski definition) is 0. The summed E-state index contributed by atoms with van der Waals surface area (Å²) in [7, 11) is 3.92. The molecule has 0 rings (SSSR count). The van der Waals surface area contributed by atoms with E-state index in [2.05, 4.69) is 41.5 Å². The van der Waals surface area contributed by atoms with Crippen LogP contribution in [0, 0.1) is 0 Å². The van der Waals surface area contributed by atoms with Gasteiger partial charge in [-0.3, -0.25) is 28.8 Å². The molecule has 0 heterocycles. The number of rotatable bonds is 50. The van der Waals surface area contributed by atoms with Crippen molar-refractivity contribution in [2.24, 2.45) is 0 Å². The van der Waals surface area contributed by atoms with Crippen LogP contribution >= 0.6 is 0 Å². The van der Waals surface area contributed by atoms with Gasteiger partial charge in [-0.25, -0.2) is 0 Å². The molecule has 0 N–H and O–H groups in total. The Morgan fingerprint density at radius 1 is 0.352 bits per heavy atom. The summed E-state index contributed by atoms with van der Waals surface area (Å²) in [5.74, 6) is -1.63. The van der Waals surface area contributed by atoms with Crippen LogP contribution in [-0.2, 0) is 52.5 Å². The van der Waals surface area contributed by atoms with Crippen LogP contribution in [0.2, 0.25) is 0 Å². The van der Waals surface area contributed by atoms with Gasteiger partial charge in [0.2, 0.25) is 5.91 Å². The van der Waals surface area contributed by atoms with E-state index < -0.39 is 12.0 Å². The second kappa shape index (κ2) is 47.8. The molecule has 0 saturated heterocycles. The molecule has 0 saturated carbocycles. The molecular weight excluding hydrogens is 901 g/mol. The van der Waals surface area contributed by atoms with Gasteiger partial charge in [-0.05, 0) is 111 Å². The lowest BCUT2D eigenvalue weighted by Gasteiger charge is -2.32. The number of nitrogens with zero attached hydrogens (tertiary/aromatic N) is 2. The molecule has 13 heteroatoms. The number of unbranched alkanes of at least 4 members (excludes halogenated alkanes) is 17. The number of hydrogen-bond acceptors (Lipinski definition) is 12. The Hall–Kier alpha value is -3.22. The zero-order valence-corrected chi connectivity index (χ0v) is 47.0. The summed E-state index contributed by atoms with van der Waals surface area (Å²) >= 11 is 0. The highest BCUT2D eigenvalue weighted by Crippen LogP contribution is 2.19. The zero-order valence-electron chi connectivity index (χ0n) is 47.0. The molecule has 416 valence electrons. The molecule has 0 aromatic carbocycles. The molecule has 0 aliphatic rings. The van der Waals surface area contributed by atoms with E-state index in [-0.39, 0.29) is 87.0 Å². The minimum absolute atomic E-state index is 0.0155. The molecule has 1 amide bonds. The lowest BCUT2D eigenvalue weighted by atomic mass is 10.1. The first-order chi connectivity index (χ1) is 34.3. The van der Waals surface area contributed by atoms with Gasteiger partial charge in [0.25, 0.3) is 0 Å². The second-order valence-corrected chi connectivity index (χ2v) is 20.3. The molecule has 0 bridgehead atoms. The molecule has 3 atom stereocenters. The van der Waals surface area contributed by atoms with Gasteiger partial charge >= 0.3 is 29.8 Å². The van der Waals surface area contributed by atoms with E-state index in [9.17, 15) is 28.8 Å². The summed E-state index contributed by atoms with van der Waals surface area (Å²) < 4.78 is 28.8. The molecule has 71 heavy (non-hydrogen) atoms. The lowest BCUT2D eigenvalue weighted by Crippen LogP contribution is -2.47. The molecule has 0 aliphatic heterocycles. The topological polar surface area (TPSA) is 155 Å². The molecule has 1 unspecified atom stereocenters. The van der Waals surface area contributed by atoms with Crippen LogP contribution in [0.3, 0.4) is 0 Å². The first kappa shape index (κ1) is 67.8. The smallest absolute Gasteiger partial charge is 0.306 e. The first-order valence-corrected chi connectivity index (χ1v) is 29.2. The van der Waals surface area contributed by atoms with E-state index in [1.807, 2.05) is 19.0 Å². The van der Waals surface area contributed by atoms with Crippen LogP contribution in [0.15, 0.2) is 0 Å².